The Labute approximate surface area is 80.8 Å². The number of nitrogens with zero attached hydrogens (tertiary/aromatic N) is 1. The highest BCUT2D eigenvalue weighted by Crippen LogP contribution is 2.34. The van der Waals surface area contributed by atoms with Crippen molar-refractivity contribution in [2.75, 3.05) is 6.54 Å². The molecule has 1 saturated heterocycles. The molecule has 0 radical (unpaired) electrons. The van der Waals surface area contributed by atoms with E-state index in [1.165, 1.54) is 0 Å². The summed E-state index contributed by atoms with van der Waals surface area (Å²) in [6, 6.07) is 5.94. The Morgan fingerprint density at radius 2 is 2.00 bits per heavy atom. The lowest BCUT2D eigenvalue weighted by Gasteiger charge is -2.00. The molecule has 0 amide bonds. The molecule has 2 atom stereocenters. The van der Waals surface area contributed by atoms with Crippen LogP contribution < -0.4 is 5.84 Å². The van der Waals surface area contributed by atoms with Gasteiger partial charge in [0.25, 0.3) is 0 Å². The van der Waals surface area contributed by atoms with Gasteiger partial charge in [0, 0.05) is 6.54 Å². The minimum absolute atomic E-state index is 0.333. The standard InChI is InChI=1S/C8H8Cl2N2/c9-6-2-1-5(3-7(6)10)8-4-12(8)11/h1-3,8H,4,11H2. The summed E-state index contributed by atoms with van der Waals surface area (Å²) in [7, 11) is 0. The molecular formula is C8H8Cl2N2. The van der Waals surface area contributed by atoms with E-state index in [4.69, 9.17) is 29.0 Å². The Morgan fingerprint density at radius 3 is 2.50 bits per heavy atom. The number of hydrazine groups is 1. The first-order valence-electron chi connectivity index (χ1n) is 3.65. The van der Waals surface area contributed by atoms with E-state index < -0.39 is 0 Å². The molecule has 1 aromatic rings. The quantitative estimate of drug-likeness (QED) is 0.560. The van der Waals surface area contributed by atoms with E-state index in [9.17, 15) is 0 Å². The average Bonchev–Trinajstić information content (AvgIpc) is 2.73. The molecule has 2 rings (SSSR count). The zero-order chi connectivity index (χ0) is 8.72. The SMILES string of the molecule is NN1CC1c1ccc(Cl)c(Cl)c1. The summed E-state index contributed by atoms with van der Waals surface area (Å²) in [5, 5.41) is 2.93. The van der Waals surface area contributed by atoms with Crippen LogP contribution in [0, 0.1) is 0 Å². The smallest absolute Gasteiger partial charge is 0.0633 e. The summed E-state index contributed by atoms with van der Waals surface area (Å²) in [5.41, 5.74) is 1.13. The van der Waals surface area contributed by atoms with Crippen LogP contribution in [0.4, 0.5) is 0 Å². The molecule has 4 heteroatoms. The first kappa shape index (κ1) is 8.32. The van der Waals surface area contributed by atoms with Crippen LogP contribution in [0.1, 0.15) is 11.6 Å². The van der Waals surface area contributed by atoms with E-state index >= 15 is 0 Å². The Balaban J connectivity index is 2.29. The van der Waals surface area contributed by atoms with Crippen LogP contribution in [-0.2, 0) is 0 Å². The molecule has 2 N–H and O–H groups in total. The van der Waals surface area contributed by atoms with Crippen molar-refractivity contribution in [3.63, 3.8) is 0 Å². The van der Waals surface area contributed by atoms with Gasteiger partial charge in [-0.05, 0) is 17.7 Å². The summed E-state index contributed by atoms with van der Waals surface area (Å²) in [4.78, 5) is 0. The Bertz CT molecular complexity index is 314. The highest BCUT2D eigenvalue weighted by atomic mass is 35.5. The molecule has 1 aliphatic heterocycles. The largest absolute Gasteiger partial charge is 0.268 e. The van der Waals surface area contributed by atoms with Crippen LogP contribution in [0.2, 0.25) is 10.0 Å². The topological polar surface area (TPSA) is 29.0 Å². The first-order valence-corrected chi connectivity index (χ1v) is 4.40. The molecule has 12 heavy (non-hydrogen) atoms. The van der Waals surface area contributed by atoms with Gasteiger partial charge in [0.15, 0.2) is 0 Å². The number of hydrogen-bond acceptors (Lipinski definition) is 2. The summed E-state index contributed by atoms with van der Waals surface area (Å²) in [5.74, 6) is 5.54. The van der Waals surface area contributed by atoms with Gasteiger partial charge in [-0.1, -0.05) is 29.3 Å². The number of rotatable bonds is 1. The molecule has 2 nitrogen and oxygen atoms in total. The number of nitrogens with two attached hydrogens (primary N) is 1. The Kier molecular flexibility index (Phi) is 2.00. The van der Waals surface area contributed by atoms with E-state index in [1.54, 1.807) is 11.1 Å². The van der Waals surface area contributed by atoms with Gasteiger partial charge in [-0.3, -0.25) is 5.84 Å². The maximum absolute atomic E-state index is 5.84. The monoisotopic (exact) mass is 202 g/mol. The third-order valence-corrected chi connectivity index (χ3v) is 2.72. The molecule has 1 fully saturated rings. The first-order chi connectivity index (χ1) is 5.68. The van der Waals surface area contributed by atoms with Crippen molar-refractivity contribution in [3.05, 3.63) is 33.8 Å². The van der Waals surface area contributed by atoms with Gasteiger partial charge in [-0.2, -0.15) is 0 Å². The van der Waals surface area contributed by atoms with Crippen molar-refractivity contribution in [2.45, 2.75) is 6.04 Å². The second-order valence-corrected chi connectivity index (χ2v) is 3.70. The maximum Gasteiger partial charge on any atom is 0.0633 e. The lowest BCUT2D eigenvalue weighted by Crippen LogP contribution is -2.05. The molecule has 1 aromatic carbocycles. The van der Waals surface area contributed by atoms with Crippen molar-refractivity contribution >= 4 is 23.2 Å². The number of halogens is 2. The van der Waals surface area contributed by atoms with E-state index in [0.717, 1.165) is 12.1 Å². The van der Waals surface area contributed by atoms with Crippen LogP contribution in [-0.4, -0.2) is 11.6 Å². The van der Waals surface area contributed by atoms with Gasteiger partial charge in [0.05, 0.1) is 16.1 Å². The fraction of sp³-hybridized carbons (Fsp3) is 0.250. The fourth-order valence-corrected chi connectivity index (χ4v) is 1.48. The van der Waals surface area contributed by atoms with Gasteiger partial charge in [-0.15, -0.1) is 0 Å². The molecule has 0 saturated carbocycles. The van der Waals surface area contributed by atoms with Crippen LogP contribution in [0.5, 0.6) is 0 Å². The Hall–Kier alpha value is -0.280. The normalized spacial score (nSPS) is 27.2. The third kappa shape index (κ3) is 1.43. The van der Waals surface area contributed by atoms with Crippen LogP contribution in [0.25, 0.3) is 0 Å². The fourth-order valence-electron chi connectivity index (χ4n) is 1.17. The van der Waals surface area contributed by atoms with Gasteiger partial charge >= 0.3 is 0 Å². The molecule has 1 aliphatic rings. The molecule has 1 heterocycles. The zero-order valence-corrected chi connectivity index (χ0v) is 7.81. The molecule has 64 valence electrons. The summed E-state index contributed by atoms with van der Waals surface area (Å²) >= 11 is 11.6. The van der Waals surface area contributed by atoms with Crippen molar-refractivity contribution in [1.82, 2.24) is 5.01 Å². The number of hydrogen-bond donors (Lipinski definition) is 1. The lowest BCUT2D eigenvalue weighted by molar-refractivity contribution is 0.548. The van der Waals surface area contributed by atoms with E-state index in [2.05, 4.69) is 0 Å². The van der Waals surface area contributed by atoms with Crippen LogP contribution >= 0.6 is 23.2 Å². The molecule has 0 aromatic heterocycles. The third-order valence-electron chi connectivity index (χ3n) is 1.98. The maximum atomic E-state index is 5.84. The number of benzene rings is 1. The van der Waals surface area contributed by atoms with E-state index in [-0.39, 0.29) is 0 Å². The Morgan fingerprint density at radius 1 is 1.33 bits per heavy atom. The van der Waals surface area contributed by atoms with Crippen molar-refractivity contribution in [1.29, 1.82) is 0 Å². The molecular weight excluding hydrogens is 195 g/mol. The van der Waals surface area contributed by atoms with Crippen molar-refractivity contribution in [3.8, 4) is 0 Å². The minimum Gasteiger partial charge on any atom is -0.268 e. The lowest BCUT2D eigenvalue weighted by atomic mass is 10.2. The van der Waals surface area contributed by atoms with Crippen LogP contribution in [0.15, 0.2) is 18.2 Å². The predicted molar refractivity (Wildman–Crippen MR) is 50.1 cm³/mol. The van der Waals surface area contributed by atoms with Gasteiger partial charge in [0.1, 0.15) is 0 Å². The molecule has 0 spiro atoms. The predicted octanol–water partition coefficient (Wildman–Crippen LogP) is 2.22. The van der Waals surface area contributed by atoms with Gasteiger partial charge < -0.3 is 0 Å². The molecule has 0 bridgehead atoms. The second kappa shape index (κ2) is 2.89. The second-order valence-electron chi connectivity index (χ2n) is 2.89. The molecule has 2 unspecified atom stereocenters. The van der Waals surface area contributed by atoms with Gasteiger partial charge in [0.2, 0.25) is 0 Å². The van der Waals surface area contributed by atoms with Crippen molar-refractivity contribution < 1.29 is 0 Å². The van der Waals surface area contributed by atoms with E-state index in [0.29, 0.717) is 16.1 Å². The van der Waals surface area contributed by atoms with Crippen LogP contribution in [0.3, 0.4) is 0 Å². The summed E-state index contributed by atoms with van der Waals surface area (Å²) in [6.07, 6.45) is 0. The minimum atomic E-state index is 0.333. The average molecular weight is 203 g/mol. The highest BCUT2D eigenvalue weighted by molar-refractivity contribution is 6.42. The zero-order valence-electron chi connectivity index (χ0n) is 6.30. The van der Waals surface area contributed by atoms with Crippen molar-refractivity contribution in [2.24, 2.45) is 5.84 Å². The summed E-state index contributed by atoms with van der Waals surface area (Å²) < 4.78 is 0. The molecule has 0 aliphatic carbocycles. The summed E-state index contributed by atoms with van der Waals surface area (Å²) in [6.45, 7) is 0.901. The van der Waals surface area contributed by atoms with Gasteiger partial charge in [-0.25, -0.2) is 5.01 Å². The highest BCUT2D eigenvalue weighted by Gasteiger charge is 2.32. The van der Waals surface area contributed by atoms with E-state index in [1.807, 2.05) is 12.1 Å².